The van der Waals surface area contributed by atoms with Gasteiger partial charge in [0.15, 0.2) is 5.17 Å². The number of fused-ring (bicyclic) bond motifs is 1. The smallest absolute Gasteiger partial charge is 0.264 e. The fourth-order valence-electron chi connectivity index (χ4n) is 3.78. The van der Waals surface area contributed by atoms with Crippen molar-refractivity contribution in [3.63, 3.8) is 0 Å². The molecule has 2 heterocycles. The second-order valence-corrected chi connectivity index (χ2v) is 8.55. The van der Waals surface area contributed by atoms with Crippen LogP contribution < -0.4 is 5.32 Å². The molecule has 0 atom stereocenters. The Kier molecular flexibility index (Phi) is 10.1. The molecule has 0 aliphatic carbocycles. The molecule has 2 aliphatic rings. The van der Waals surface area contributed by atoms with Crippen molar-refractivity contribution >= 4 is 40.9 Å². The summed E-state index contributed by atoms with van der Waals surface area (Å²) in [6.07, 6.45) is 10.9. The number of thioether (sulfide) groups is 1. The third-order valence-electron chi connectivity index (χ3n) is 5.37. The van der Waals surface area contributed by atoms with Crippen molar-refractivity contribution in [1.82, 2.24) is 4.90 Å². The first-order chi connectivity index (χ1) is 13.7. The van der Waals surface area contributed by atoms with E-state index in [1.165, 1.54) is 55.9 Å². The third kappa shape index (κ3) is 6.51. The monoisotopic (exact) mass is 435 g/mol. The van der Waals surface area contributed by atoms with E-state index in [-0.39, 0.29) is 18.3 Å². The zero-order valence-corrected chi connectivity index (χ0v) is 19.3. The fourth-order valence-corrected chi connectivity index (χ4v) is 4.94. The Morgan fingerprint density at radius 1 is 1.10 bits per heavy atom. The number of hydrogen-bond acceptors (Lipinski definition) is 4. The Balaban J connectivity index is 0.00000300. The number of amidine groups is 1. The number of amides is 1. The van der Waals surface area contributed by atoms with Gasteiger partial charge in [-0.05, 0) is 55.1 Å². The van der Waals surface area contributed by atoms with Crippen molar-refractivity contribution in [2.75, 3.05) is 18.4 Å². The molecule has 6 heteroatoms. The summed E-state index contributed by atoms with van der Waals surface area (Å²) in [6, 6.07) is 8.35. The summed E-state index contributed by atoms with van der Waals surface area (Å²) in [7, 11) is 0. The average molecular weight is 436 g/mol. The molecule has 1 aromatic carbocycles. The van der Waals surface area contributed by atoms with Gasteiger partial charge in [-0.2, -0.15) is 0 Å². The number of unbranched alkanes of at least 4 members (excludes halogenated alkanes) is 5. The van der Waals surface area contributed by atoms with Crippen LogP contribution in [0.2, 0.25) is 0 Å². The quantitative estimate of drug-likeness (QED) is 0.433. The van der Waals surface area contributed by atoms with Crippen LogP contribution >= 0.6 is 24.2 Å². The molecule has 29 heavy (non-hydrogen) atoms. The maximum Gasteiger partial charge on any atom is 0.264 e. The Morgan fingerprint density at radius 3 is 2.55 bits per heavy atom. The fraction of sp³-hybridized carbons (Fsp3) is 0.565. The largest absolute Gasteiger partial charge is 0.323 e. The molecule has 2 aliphatic heterocycles. The summed E-state index contributed by atoms with van der Waals surface area (Å²) in [4.78, 5) is 20.4. The van der Waals surface area contributed by atoms with Gasteiger partial charge < -0.3 is 10.2 Å². The number of carbonyl (C=O) groups excluding carboxylic acids is 1. The standard InChI is InChI=1S/C23H33N3OS.ClH/c1-3-5-6-7-8-9-11-18-12-14-19(15-13-18)25-22(27)21-20(4-2)26-17-10-16-24-23(26)28-21;/h12-15H,3-11,16-17H2,1-2H3,(H,25,27);1H. The molecular weight excluding hydrogens is 402 g/mol. The van der Waals surface area contributed by atoms with Crippen LogP contribution in [0.3, 0.4) is 0 Å². The number of benzene rings is 1. The molecular formula is C23H34ClN3OS. The number of carbonyl (C=O) groups is 1. The molecule has 4 nitrogen and oxygen atoms in total. The van der Waals surface area contributed by atoms with E-state index >= 15 is 0 Å². The van der Waals surface area contributed by atoms with Crippen LogP contribution in [-0.4, -0.2) is 29.1 Å². The number of nitrogens with one attached hydrogen (secondary N) is 1. The molecule has 1 N–H and O–H groups in total. The van der Waals surface area contributed by atoms with Crippen molar-refractivity contribution in [3.8, 4) is 0 Å². The highest BCUT2D eigenvalue weighted by atomic mass is 35.5. The van der Waals surface area contributed by atoms with Gasteiger partial charge in [0.1, 0.15) is 0 Å². The Morgan fingerprint density at radius 2 is 1.83 bits per heavy atom. The topological polar surface area (TPSA) is 44.7 Å². The van der Waals surface area contributed by atoms with Crippen LogP contribution in [0.4, 0.5) is 5.69 Å². The van der Waals surface area contributed by atoms with Gasteiger partial charge in [0.25, 0.3) is 5.91 Å². The van der Waals surface area contributed by atoms with Crippen LogP contribution in [0.5, 0.6) is 0 Å². The predicted octanol–water partition coefficient (Wildman–Crippen LogP) is 6.38. The summed E-state index contributed by atoms with van der Waals surface area (Å²) in [5, 5.41) is 4.06. The van der Waals surface area contributed by atoms with Gasteiger partial charge in [0.2, 0.25) is 0 Å². The molecule has 1 amide bonds. The average Bonchev–Trinajstić information content (AvgIpc) is 3.10. The maximum absolute atomic E-state index is 12.8. The summed E-state index contributed by atoms with van der Waals surface area (Å²) >= 11 is 1.52. The number of aliphatic imine (C=N–C) groups is 1. The number of rotatable bonds is 10. The van der Waals surface area contributed by atoms with Crippen LogP contribution in [0.15, 0.2) is 39.9 Å². The van der Waals surface area contributed by atoms with Crippen molar-refractivity contribution in [2.24, 2.45) is 4.99 Å². The van der Waals surface area contributed by atoms with Crippen molar-refractivity contribution in [2.45, 2.75) is 71.6 Å². The lowest BCUT2D eigenvalue weighted by atomic mass is 10.0. The second-order valence-electron chi connectivity index (χ2n) is 7.57. The minimum atomic E-state index is -0.0115. The van der Waals surface area contributed by atoms with Crippen LogP contribution in [-0.2, 0) is 11.2 Å². The first-order valence-corrected chi connectivity index (χ1v) is 11.7. The van der Waals surface area contributed by atoms with Gasteiger partial charge in [-0.25, -0.2) is 0 Å². The minimum Gasteiger partial charge on any atom is -0.323 e. The molecule has 0 saturated carbocycles. The maximum atomic E-state index is 12.8. The normalized spacial score (nSPS) is 15.7. The first kappa shape index (κ1) is 23.8. The Bertz CT molecular complexity index is 730. The molecule has 0 unspecified atom stereocenters. The van der Waals surface area contributed by atoms with Crippen LogP contribution in [0.1, 0.15) is 70.8 Å². The number of nitrogens with zero attached hydrogens (tertiary/aromatic N) is 2. The summed E-state index contributed by atoms with van der Waals surface area (Å²) in [5.74, 6) is -0.0115. The third-order valence-corrected chi connectivity index (χ3v) is 6.53. The lowest BCUT2D eigenvalue weighted by molar-refractivity contribution is -0.112. The van der Waals surface area contributed by atoms with Gasteiger partial charge in [-0.1, -0.05) is 58.1 Å². The van der Waals surface area contributed by atoms with Gasteiger partial charge >= 0.3 is 0 Å². The molecule has 0 fully saturated rings. The van der Waals surface area contributed by atoms with Crippen molar-refractivity contribution < 1.29 is 4.79 Å². The SMILES string of the molecule is CCCCCCCCc1ccc(NC(=O)C2=C(CC)N3CCCN=C3S2)cc1.Cl. The van der Waals surface area contributed by atoms with Gasteiger partial charge in [0, 0.05) is 24.5 Å². The van der Waals surface area contributed by atoms with Crippen molar-refractivity contribution in [3.05, 3.63) is 40.4 Å². The lowest BCUT2D eigenvalue weighted by Gasteiger charge is -2.24. The number of halogens is 1. The van der Waals surface area contributed by atoms with E-state index in [1.54, 1.807) is 0 Å². The van der Waals surface area contributed by atoms with Gasteiger partial charge in [0.05, 0.1) is 4.91 Å². The van der Waals surface area contributed by atoms with E-state index in [4.69, 9.17) is 0 Å². The van der Waals surface area contributed by atoms with E-state index in [9.17, 15) is 4.79 Å². The zero-order chi connectivity index (χ0) is 19.8. The number of aryl methyl sites for hydroxylation is 1. The highest BCUT2D eigenvalue weighted by Crippen LogP contribution is 2.38. The van der Waals surface area contributed by atoms with E-state index in [0.717, 1.165) is 53.8 Å². The summed E-state index contributed by atoms with van der Waals surface area (Å²) in [6.45, 7) is 6.20. The Hall–Kier alpha value is -1.46. The molecule has 0 bridgehead atoms. The van der Waals surface area contributed by atoms with E-state index in [0.29, 0.717) is 0 Å². The van der Waals surface area contributed by atoms with E-state index in [1.807, 2.05) is 12.1 Å². The molecule has 0 aromatic heterocycles. The second kappa shape index (κ2) is 12.3. The highest BCUT2D eigenvalue weighted by Gasteiger charge is 2.33. The molecule has 0 radical (unpaired) electrons. The molecule has 160 valence electrons. The van der Waals surface area contributed by atoms with Gasteiger partial charge in [-0.15, -0.1) is 12.4 Å². The zero-order valence-electron chi connectivity index (χ0n) is 17.7. The highest BCUT2D eigenvalue weighted by molar-refractivity contribution is 8.18. The molecule has 0 spiro atoms. The summed E-state index contributed by atoms with van der Waals surface area (Å²) < 4.78 is 0. The Labute approximate surface area is 186 Å². The lowest BCUT2D eigenvalue weighted by Crippen LogP contribution is -2.29. The molecule has 3 rings (SSSR count). The molecule has 1 aromatic rings. The minimum absolute atomic E-state index is 0. The number of allylic oxidation sites excluding steroid dienone is 1. The molecule has 0 saturated heterocycles. The van der Waals surface area contributed by atoms with E-state index in [2.05, 4.69) is 41.2 Å². The van der Waals surface area contributed by atoms with Crippen LogP contribution in [0, 0.1) is 0 Å². The van der Waals surface area contributed by atoms with Crippen LogP contribution in [0.25, 0.3) is 0 Å². The van der Waals surface area contributed by atoms with E-state index < -0.39 is 0 Å². The number of hydrogen-bond donors (Lipinski definition) is 1. The summed E-state index contributed by atoms with van der Waals surface area (Å²) in [5.41, 5.74) is 3.33. The predicted molar refractivity (Wildman–Crippen MR) is 128 cm³/mol. The number of anilines is 1. The van der Waals surface area contributed by atoms with Crippen molar-refractivity contribution in [1.29, 1.82) is 0 Å². The van der Waals surface area contributed by atoms with Gasteiger partial charge in [-0.3, -0.25) is 9.79 Å². The first-order valence-electron chi connectivity index (χ1n) is 10.9.